The molecule has 7 rings (SSSR count). The topological polar surface area (TPSA) is 144 Å². The number of carbonyl (C=O) groups is 1. The fourth-order valence-electron chi connectivity index (χ4n) is 5.61. The summed E-state index contributed by atoms with van der Waals surface area (Å²) in [6.07, 6.45) is 9.21. The van der Waals surface area contributed by atoms with Gasteiger partial charge in [-0.15, -0.1) is 0 Å². The summed E-state index contributed by atoms with van der Waals surface area (Å²) in [5, 5.41) is 25.4. The van der Waals surface area contributed by atoms with E-state index in [1.807, 2.05) is 24.3 Å². The normalized spacial score (nSPS) is 14.0. The molecule has 0 bridgehead atoms. The van der Waals surface area contributed by atoms with Gasteiger partial charge in [0, 0.05) is 52.3 Å². The second-order valence-electron chi connectivity index (χ2n) is 10.6. The largest absolute Gasteiger partial charge is 0.508 e. The maximum Gasteiger partial charge on any atom is 0.224 e. The maximum atomic E-state index is 14.0. The number of nitrogens with one attached hydrogen (secondary N) is 4. The van der Waals surface area contributed by atoms with Crippen LogP contribution in [0.15, 0.2) is 67.3 Å². The fraction of sp³-hybridized carbons (Fsp3) is 0.194. The van der Waals surface area contributed by atoms with E-state index in [1.54, 1.807) is 24.8 Å². The zero-order valence-electron chi connectivity index (χ0n) is 22.5. The molecule has 1 aliphatic rings. The number of hydrogen-bond donors (Lipinski definition) is 5. The summed E-state index contributed by atoms with van der Waals surface area (Å²) in [6.45, 7) is 1.90. The maximum absolute atomic E-state index is 14.0. The number of halogens is 1. The van der Waals surface area contributed by atoms with Crippen molar-refractivity contribution in [2.24, 2.45) is 5.92 Å². The number of rotatable bonds is 6. The van der Waals surface area contributed by atoms with Crippen molar-refractivity contribution in [1.29, 1.82) is 0 Å². The Bertz CT molecular complexity index is 1920. The van der Waals surface area contributed by atoms with E-state index in [-0.39, 0.29) is 11.7 Å². The molecule has 6 aromatic rings. The van der Waals surface area contributed by atoms with E-state index in [1.165, 1.54) is 12.1 Å². The summed E-state index contributed by atoms with van der Waals surface area (Å²) < 4.78 is 14.0. The highest BCUT2D eigenvalue weighted by atomic mass is 19.1. The van der Waals surface area contributed by atoms with E-state index in [0.29, 0.717) is 40.7 Å². The summed E-state index contributed by atoms with van der Waals surface area (Å²) in [6, 6.07) is 11.4. The molecule has 1 aliphatic heterocycles. The van der Waals surface area contributed by atoms with Crippen molar-refractivity contribution in [2.45, 2.75) is 19.3 Å². The molecule has 1 amide bonds. The molecule has 0 radical (unpaired) electrons. The number of benzene rings is 1. The number of anilines is 1. The van der Waals surface area contributed by atoms with Crippen molar-refractivity contribution in [3.63, 3.8) is 0 Å². The number of aromatic amines is 2. The zero-order valence-corrected chi connectivity index (χ0v) is 22.5. The molecule has 1 saturated heterocycles. The molecule has 5 aromatic heterocycles. The molecule has 5 N–H and O–H groups in total. The van der Waals surface area contributed by atoms with Gasteiger partial charge in [-0.2, -0.15) is 5.10 Å². The van der Waals surface area contributed by atoms with E-state index in [0.717, 1.165) is 65.1 Å². The van der Waals surface area contributed by atoms with E-state index >= 15 is 0 Å². The summed E-state index contributed by atoms with van der Waals surface area (Å²) in [4.78, 5) is 29.5. The van der Waals surface area contributed by atoms with E-state index in [9.17, 15) is 14.3 Å². The molecule has 210 valence electrons. The number of fused-ring (bicyclic) bond motifs is 2. The molecule has 42 heavy (non-hydrogen) atoms. The van der Waals surface area contributed by atoms with Crippen LogP contribution in [-0.2, 0) is 4.79 Å². The average Bonchev–Trinajstić information content (AvgIpc) is 3.61. The van der Waals surface area contributed by atoms with Crippen LogP contribution in [0.1, 0.15) is 19.3 Å². The van der Waals surface area contributed by atoms with Crippen LogP contribution in [0.2, 0.25) is 0 Å². The number of amides is 1. The predicted octanol–water partition coefficient (Wildman–Crippen LogP) is 5.40. The number of carbonyl (C=O) groups excluding carboxylic acids is 1. The average molecular weight is 563 g/mol. The van der Waals surface area contributed by atoms with Gasteiger partial charge in [0.25, 0.3) is 0 Å². The molecular weight excluding hydrogens is 535 g/mol. The second-order valence-corrected chi connectivity index (χ2v) is 10.6. The van der Waals surface area contributed by atoms with Crippen molar-refractivity contribution in [1.82, 2.24) is 35.5 Å². The van der Waals surface area contributed by atoms with Crippen molar-refractivity contribution >= 4 is 33.4 Å². The number of pyridine rings is 3. The number of piperidine rings is 1. The Kier molecular flexibility index (Phi) is 6.55. The minimum absolute atomic E-state index is 0.0116. The Morgan fingerprint density at radius 3 is 2.67 bits per heavy atom. The number of phenolic OH excluding ortho intramolecular Hbond substituents is 1. The highest BCUT2D eigenvalue weighted by molar-refractivity contribution is 6.00. The van der Waals surface area contributed by atoms with E-state index < -0.39 is 5.82 Å². The van der Waals surface area contributed by atoms with Gasteiger partial charge in [-0.3, -0.25) is 24.8 Å². The molecule has 0 saturated carbocycles. The molecule has 0 spiro atoms. The lowest BCUT2D eigenvalue weighted by Gasteiger charge is -2.21. The lowest BCUT2D eigenvalue weighted by atomic mass is 9.94. The first-order chi connectivity index (χ1) is 20.5. The smallest absolute Gasteiger partial charge is 0.224 e. The standard InChI is InChI=1S/C31H27FN8O2/c32-20-8-18(10-22(41)11-20)30-23-13-27(38-25(23)3-6-35-30)31-24-12-26(36-16-28(24)39-40-31)19-9-21(15-34-14-19)37-29(42)7-17-1-4-33-5-2-17/h3,6,8-17,33,38,41H,1-2,4-5,7H2,(H,37,42)(H,39,40). The predicted molar refractivity (Wildman–Crippen MR) is 158 cm³/mol. The summed E-state index contributed by atoms with van der Waals surface area (Å²) in [5.41, 5.74) is 6.03. The van der Waals surface area contributed by atoms with Gasteiger partial charge in [0.1, 0.15) is 17.3 Å². The molecule has 1 fully saturated rings. The minimum atomic E-state index is -0.544. The number of phenols is 1. The van der Waals surface area contributed by atoms with Gasteiger partial charge in [0.05, 0.1) is 40.7 Å². The Labute approximate surface area is 239 Å². The summed E-state index contributed by atoms with van der Waals surface area (Å²) in [5.74, 6) is -0.332. The lowest BCUT2D eigenvalue weighted by Crippen LogP contribution is -2.30. The van der Waals surface area contributed by atoms with Gasteiger partial charge in [0.15, 0.2) is 0 Å². The van der Waals surface area contributed by atoms with Crippen molar-refractivity contribution in [2.75, 3.05) is 18.4 Å². The molecule has 0 atom stereocenters. The molecule has 6 heterocycles. The van der Waals surface area contributed by atoms with Crippen LogP contribution in [-0.4, -0.2) is 54.2 Å². The molecule has 0 unspecified atom stereocenters. The Hall–Kier alpha value is -5.16. The lowest BCUT2D eigenvalue weighted by molar-refractivity contribution is -0.117. The fourth-order valence-corrected chi connectivity index (χ4v) is 5.61. The number of hydrogen-bond acceptors (Lipinski definition) is 7. The first-order valence-corrected chi connectivity index (χ1v) is 13.8. The number of aromatic hydroxyl groups is 1. The van der Waals surface area contributed by atoms with Crippen molar-refractivity contribution < 1.29 is 14.3 Å². The monoisotopic (exact) mass is 562 g/mol. The SMILES string of the molecule is O=C(CC1CCNCC1)Nc1cncc(-c2cc3c(-c4cc5c(-c6cc(O)cc(F)c6)nccc5[nH]4)n[nH]c3cn2)c1. The third-order valence-corrected chi connectivity index (χ3v) is 7.66. The number of H-pyrrole nitrogens is 2. The van der Waals surface area contributed by atoms with E-state index in [2.05, 4.69) is 40.8 Å². The van der Waals surface area contributed by atoms with Crippen molar-refractivity contribution in [3.8, 4) is 39.7 Å². The number of nitrogens with zero attached hydrogens (tertiary/aromatic N) is 4. The van der Waals surface area contributed by atoms with Gasteiger partial charge >= 0.3 is 0 Å². The van der Waals surface area contributed by atoms with Crippen LogP contribution in [0, 0.1) is 11.7 Å². The highest BCUT2D eigenvalue weighted by Gasteiger charge is 2.18. The zero-order chi connectivity index (χ0) is 28.6. The van der Waals surface area contributed by atoms with Crippen LogP contribution >= 0.6 is 0 Å². The van der Waals surface area contributed by atoms with Crippen LogP contribution in [0.5, 0.6) is 5.75 Å². The van der Waals surface area contributed by atoms with Gasteiger partial charge in [0.2, 0.25) is 5.91 Å². The third kappa shape index (κ3) is 5.06. The van der Waals surface area contributed by atoms with E-state index in [4.69, 9.17) is 0 Å². The Balaban J connectivity index is 1.20. The van der Waals surface area contributed by atoms with Crippen LogP contribution in [0.3, 0.4) is 0 Å². The Morgan fingerprint density at radius 2 is 1.81 bits per heavy atom. The summed E-state index contributed by atoms with van der Waals surface area (Å²) >= 11 is 0. The molecule has 10 nitrogen and oxygen atoms in total. The first-order valence-electron chi connectivity index (χ1n) is 13.8. The summed E-state index contributed by atoms with van der Waals surface area (Å²) in [7, 11) is 0. The first kappa shape index (κ1) is 25.8. The van der Waals surface area contributed by atoms with Crippen LogP contribution in [0.4, 0.5) is 10.1 Å². The highest BCUT2D eigenvalue weighted by Crippen LogP contribution is 2.35. The third-order valence-electron chi connectivity index (χ3n) is 7.66. The van der Waals surface area contributed by atoms with Gasteiger partial charge < -0.3 is 20.7 Å². The molecular formula is C31H27FN8O2. The van der Waals surface area contributed by atoms with Crippen molar-refractivity contribution in [3.05, 3.63) is 73.1 Å². The van der Waals surface area contributed by atoms with Gasteiger partial charge in [-0.25, -0.2) is 4.39 Å². The van der Waals surface area contributed by atoms with Crippen LogP contribution in [0.25, 0.3) is 55.7 Å². The minimum Gasteiger partial charge on any atom is -0.508 e. The molecule has 0 aliphatic carbocycles. The molecule has 1 aromatic carbocycles. The second kappa shape index (κ2) is 10.7. The van der Waals surface area contributed by atoms with Gasteiger partial charge in [-0.05, 0) is 68.2 Å². The molecule has 11 heteroatoms. The quantitative estimate of drug-likeness (QED) is 0.183. The van der Waals surface area contributed by atoms with Gasteiger partial charge in [-0.1, -0.05) is 0 Å². The van der Waals surface area contributed by atoms with Crippen LogP contribution < -0.4 is 10.6 Å². The number of aromatic nitrogens is 6. The Morgan fingerprint density at radius 1 is 0.952 bits per heavy atom.